The van der Waals surface area contributed by atoms with E-state index in [9.17, 15) is 0 Å². The molecular weight excluding hydrogens is 188 g/mol. The van der Waals surface area contributed by atoms with Gasteiger partial charge >= 0.3 is 0 Å². The van der Waals surface area contributed by atoms with E-state index in [0.29, 0.717) is 5.84 Å². The Bertz CT molecular complexity index is 349. The molecule has 0 saturated carbocycles. The third-order valence-corrected chi connectivity index (χ3v) is 2.50. The first-order valence-corrected chi connectivity index (χ1v) is 5.35. The normalized spacial score (nSPS) is 19.8. The zero-order chi connectivity index (χ0) is 10.7. The second-order valence-electron chi connectivity index (χ2n) is 3.72. The molecule has 0 aromatic heterocycles. The van der Waals surface area contributed by atoms with Crippen LogP contribution in [0.15, 0.2) is 29.3 Å². The van der Waals surface area contributed by atoms with Crippen LogP contribution in [-0.4, -0.2) is 18.5 Å². The van der Waals surface area contributed by atoms with Crippen LogP contribution >= 0.6 is 0 Å². The first-order chi connectivity index (χ1) is 7.31. The van der Waals surface area contributed by atoms with Crippen molar-refractivity contribution in [3.63, 3.8) is 0 Å². The third-order valence-electron chi connectivity index (χ3n) is 2.50. The maximum atomic E-state index is 5.87. The van der Waals surface area contributed by atoms with Gasteiger partial charge in [-0.2, -0.15) is 0 Å². The Kier molecular flexibility index (Phi) is 2.90. The molecule has 1 aromatic rings. The number of hydrogen-bond donors (Lipinski definition) is 1. The van der Waals surface area contributed by atoms with E-state index in [1.807, 2.05) is 18.2 Å². The minimum Gasteiger partial charge on any atom is -0.482 e. The molecule has 1 aliphatic rings. The second-order valence-corrected chi connectivity index (χ2v) is 3.72. The Labute approximate surface area is 90.0 Å². The number of nitrogens with two attached hydrogens (primary N) is 1. The van der Waals surface area contributed by atoms with Crippen LogP contribution in [0.25, 0.3) is 0 Å². The molecule has 3 heteroatoms. The maximum absolute atomic E-state index is 5.87. The Morgan fingerprint density at radius 2 is 2.33 bits per heavy atom. The van der Waals surface area contributed by atoms with Crippen molar-refractivity contribution >= 4 is 5.84 Å². The number of benzene rings is 1. The predicted molar refractivity (Wildman–Crippen MR) is 61.3 cm³/mol. The van der Waals surface area contributed by atoms with Crippen molar-refractivity contribution in [1.29, 1.82) is 0 Å². The summed E-state index contributed by atoms with van der Waals surface area (Å²) in [5.41, 5.74) is 7.09. The molecule has 2 N–H and O–H groups in total. The van der Waals surface area contributed by atoms with Gasteiger partial charge in [-0.25, -0.2) is 0 Å². The van der Waals surface area contributed by atoms with Gasteiger partial charge in [0, 0.05) is 13.0 Å². The SMILES string of the molecule is CCCN=C(N)C1Cc2ccccc2O1. The molecule has 1 atom stereocenters. The Hall–Kier alpha value is -1.51. The van der Waals surface area contributed by atoms with Gasteiger partial charge in [0.05, 0.1) is 0 Å². The van der Waals surface area contributed by atoms with Crippen molar-refractivity contribution in [3.8, 4) is 5.75 Å². The Balaban J connectivity index is 2.07. The standard InChI is InChI=1S/C12H16N2O/c1-2-7-14-12(13)11-8-9-5-3-4-6-10(9)15-11/h3-6,11H,2,7-8H2,1H3,(H2,13,14). The summed E-state index contributed by atoms with van der Waals surface area (Å²) in [6, 6.07) is 8.04. The largest absolute Gasteiger partial charge is 0.482 e. The lowest BCUT2D eigenvalue weighted by atomic mass is 10.1. The van der Waals surface area contributed by atoms with Crippen molar-refractivity contribution in [2.24, 2.45) is 10.7 Å². The first kappa shape index (κ1) is 10.0. The number of fused-ring (bicyclic) bond motifs is 1. The maximum Gasteiger partial charge on any atom is 0.159 e. The fourth-order valence-electron chi connectivity index (χ4n) is 1.69. The Morgan fingerprint density at radius 3 is 3.07 bits per heavy atom. The highest BCUT2D eigenvalue weighted by atomic mass is 16.5. The van der Waals surface area contributed by atoms with Crippen LogP contribution in [0.2, 0.25) is 0 Å². The number of nitrogens with zero attached hydrogens (tertiary/aromatic N) is 1. The predicted octanol–water partition coefficient (Wildman–Crippen LogP) is 1.76. The number of amidine groups is 1. The summed E-state index contributed by atoms with van der Waals surface area (Å²) in [5, 5.41) is 0. The van der Waals surface area contributed by atoms with Crippen LogP contribution < -0.4 is 10.5 Å². The van der Waals surface area contributed by atoms with Crippen LogP contribution in [0.5, 0.6) is 5.75 Å². The molecule has 80 valence electrons. The summed E-state index contributed by atoms with van der Waals surface area (Å²) in [6.45, 7) is 2.86. The summed E-state index contributed by atoms with van der Waals surface area (Å²) < 4.78 is 5.71. The fourth-order valence-corrected chi connectivity index (χ4v) is 1.69. The number of ether oxygens (including phenoxy) is 1. The van der Waals surface area contributed by atoms with Crippen LogP contribution in [0.4, 0.5) is 0 Å². The van der Waals surface area contributed by atoms with E-state index in [2.05, 4.69) is 18.0 Å². The molecular formula is C12H16N2O. The minimum absolute atomic E-state index is 0.0612. The quantitative estimate of drug-likeness (QED) is 0.602. The van der Waals surface area contributed by atoms with Gasteiger partial charge in [0.2, 0.25) is 0 Å². The average molecular weight is 204 g/mol. The summed E-state index contributed by atoms with van der Waals surface area (Å²) in [5.74, 6) is 1.56. The van der Waals surface area contributed by atoms with Crippen molar-refractivity contribution in [3.05, 3.63) is 29.8 Å². The van der Waals surface area contributed by atoms with Crippen molar-refractivity contribution in [2.45, 2.75) is 25.9 Å². The molecule has 1 aromatic carbocycles. The Morgan fingerprint density at radius 1 is 1.53 bits per heavy atom. The first-order valence-electron chi connectivity index (χ1n) is 5.35. The minimum atomic E-state index is -0.0612. The second kappa shape index (κ2) is 4.34. The average Bonchev–Trinajstić information content (AvgIpc) is 2.69. The molecule has 0 aliphatic carbocycles. The van der Waals surface area contributed by atoms with Crippen molar-refractivity contribution < 1.29 is 4.74 Å². The van der Waals surface area contributed by atoms with E-state index in [1.165, 1.54) is 5.56 Å². The van der Waals surface area contributed by atoms with E-state index in [0.717, 1.165) is 25.1 Å². The molecule has 0 amide bonds. The van der Waals surface area contributed by atoms with Gasteiger partial charge in [0.1, 0.15) is 11.6 Å². The topological polar surface area (TPSA) is 47.6 Å². The molecule has 0 spiro atoms. The number of para-hydroxylation sites is 1. The van der Waals surface area contributed by atoms with Gasteiger partial charge in [-0.15, -0.1) is 0 Å². The number of rotatable bonds is 3. The number of hydrogen-bond acceptors (Lipinski definition) is 2. The van der Waals surface area contributed by atoms with Gasteiger partial charge < -0.3 is 10.5 Å². The van der Waals surface area contributed by atoms with E-state index in [1.54, 1.807) is 0 Å². The van der Waals surface area contributed by atoms with Crippen LogP contribution in [-0.2, 0) is 6.42 Å². The third kappa shape index (κ3) is 2.12. The lowest BCUT2D eigenvalue weighted by Crippen LogP contribution is -2.32. The van der Waals surface area contributed by atoms with Crippen molar-refractivity contribution in [2.75, 3.05) is 6.54 Å². The van der Waals surface area contributed by atoms with Gasteiger partial charge in [-0.05, 0) is 18.1 Å². The molecule has 1 heterocycles. The van der Waals surface area contributed by atoms with Gasteiger partial charge in [0.25, 0.3) is 0 Å². The molecule has 0 bridgehead atoms. The highest BCUT2D eigenvalue weighted by Crippen LogP contribution is 2.27. The zero-order valence-corrected chi connectivity index (χ0v) is 8.94. The zero-order valence-electron chi connectivity index (χ0n) is 8.94. The molecule has 0 fully saturated rings. The molecule has 0 radical (unpaired) electrons. The summed E-state index contributed by atoms with van der Waals surface area (Å²) in [4.78, 5) is 4.28. The molecule has 15 heavy (non-hydrogen) atoms. The molecule has 3 nitrogen and oxygen atoms in total. The molecule has 1 unspecified atom stereocenters. The summed E-state index contributed by atoms with van der Waals surface area (Å²) in [6.07, 6.45) is 1.80. The van der Waals surface area contributed by atoms with Crippen molar-refractivity contribution in [1.82, 2.24) is 0 Å². The van der Waals surface area contributed by atoms with Crippen LogP contribution in [0.1, 0.15) is 18.9 Å². The van der Waals surface area contributed by atoms with Crippen LogP contribution in [0.3, 0.4) is 0 Å². The van der Waals surface area contributed by atoms with E-state index in [-0.39, 0.29) is 6.10 Å². The summed E-state index contributed by atoms with van der Waals surface area (Å²) in [7, 11) is 0. The van der Waals surface area contributed by atoms with E-state index < -0.39 is 0 Å². The molecule has 0 saturated heterocycles. The van der Waals surface area contributed by atoms with Crippen LogP contribution in [0, 0.1) is 0 Å². The molecule has 1 aliphatic heterocycles. The van der Waals surface area contributed by atoms with Gasteiger partial charge in [-0.1, -0.05) is 25.1 Å². The summed E-state index contributed by atoms with van der Waals surface area (Å²) >= 11 is 0. The highest BCUT2D eigenvalue weighted by Gasteiger charge is 2.24. The highest BCUT2D eigenvalue weighted by molar-refractivity contribution is 5.86. The van der Waals surface area contributed by atoms with E-state index in [4.69, 9.17) is 10.5 Å². The fraction of sp³-hybridized carbons (Fsp3) is 0.417. The lowest BCUT2D eigenvalue weighted by molar-refractivity contribution is 0.299. The molecule has 2 rings (SSSR count). The van der Waals surface area contributed by atoms with E-state index >= 15 is 0 Å². The monoisotopic (exact) mass is 204 g/mol. The van der Waals surface area contributed by atoms with Gasteiger partial charge in [0.15, 0.2) is 6.10 Å². The number of aliphatic imine (C=N–C) groups is 1. The lowest BCUT2D eigenvalue weighted by Gasteiger charge is -2.09. The van der Waals surface area contributed by atoms with Gasteiger partial charge in [-0.3, -0.25) is 4.99 Å². The smallest absolute Gasteiger partial charge is 0.159 e.